The Morgan fingerprint density at radius 3 is 2.32 bits per heavy atom. The van der Waals surface area contributed by atoms with E-state index in [1.54, 1.807) is 18.4 Å². The van der Waals surface area contributed by atoms with Crippen molar-refractivity contribution in [3.05, 3.63) is 122 Å². The number of carbonyl (C=O) groups excluding carboxylic acids is 1. The summed E-state index contributed by atoms with van der Waals surface area (Å²) in [4.78, 5) is 20.7. The lowest BCUT2D eigenvalue weighted by atomic mass is 9.88. The Hall–Kier alpha value is -3.07. The molecular weight excluding hydrogens is 580 g/mol. The monoisotopic (exact) mass is 608 g/mol. The number of carbonyl (C=O) groups is 1. The standard InChI is InChI=1S/C30H29BrN2O3S2/c1-30(27-14-9-19-38-27,25-12-7-8-13-26(25)31)33(20-22-15-17-24(35-2)18-16-22)28(37-3)32-29(34)36-21-23-10-5-4-6-11-23/h4-19H,20-21H2,1-3H3/b32-28-. The lowest BCUT2D eigenvalue weighted by Crippen LogP contribution is -2.47. The van der Waals surface area contributed by atoms with Crippen molar-refractivity contribution in [3.8, 4) is 5.75 Å². The van der Waals surface area contributed by atoms with Crippen LogP contribution in [0.3, 0.4) is 0 Å². The molecule has 4 rings (SSSR count). The Bertz CT molecular complexity index is 1360. The molecule has 0 saturated heterocycles. The van der Waals surface area contributed by atoms with Crippen LogP contribution in [-0.2, 0) is 23.4 Å². The molecule has 5 nitrogen and oxygen atoms in total. The number of amidine groups is 1. The van der Waals surface area contributed by atoms with Crippen molar-refractivity contribution in [2.75, 3.05) is 13.4 Å². The molecule has 0 fully saturated rings. The number of hydrogen-bond donors (Lipinski definition) is 0. The summed E-state index contributed by atoms with van der Waals surface area (Å²) in [5, 5.41) is 2.63. The SMILES string of the molecule is COc1ccc(CN(/C(=N/C(=O)OCc2ccccc2)SC)C(C)(c2cccs2)c2ccccc2Br)cc1. The van der Waals surface area contributed by atoms with Gasteiger partial charge in [-0.3, -0.25) is 0 Å². The van der Waals surface area contributed by atoms with Crippen molar-refractivity contribution in [1.82, 2.24) is 4.90 Å². The molecule has 196 valence electrons. The van der Waals surface area contributed by atoms with E-state index in [0.717, 1.165) is 31.8 Å². The number of methoxy groups -OCH3 is 1. The Balaban J connectivity index is 1.78. The smallest absolute Gasteiger partial charge is 0.436 e. The van der Waals surface area contributed by atoms with Gasteiger partial charge in [0, 0.05) is 15.9 Å². The first-order chi connectivity index (χ1) is 18.5. The van der Waals surface area contributed by atoms with Crippen molar-refractivity contribution >= 4 is 50.3 Å². The molecule has 0 bridgehead atoms. The number of rotatable bonds is 8. The summed E-state index contributed by atoms with van der Waals surface area (Å²) in [6.07, 6.45) is 1.30. The quantitative estimate of drug-likeness (QED) is 0.149. The van der Waals surface area contributed by atoms with Crippen LogP contribution in [0.25, 0.3) is 0 Å². The van der Waals surface area contributed by atoms with Crippen LogP contribution < -0.4 is 4.74 Å². The van der Waals surface area contributed by atoms with Gasteiger partial charge in [0.25, 0.3) is 0 Å². The zero-order valence-electron chi connectivity index (χ0n) is 21.5. The van der Waals surface area contributed by atoms with Crippen LogP contribution in [0.1, 0.15) is 28.5 Å². The largest absolute Gasteiger partial charge is 0.497 e. The van der Waals surface area contributed by atoms with Gasteiger partial charge in [0.2, 0.25) is 0 Å². The van der Waals surface area contributed by atoms with Gasteiger partial charge in [-0.15, -0.1) is 11.3 Å². The number of benzene rings is 3. The third-order valence-electron chi connectivity index (χ3n) is 6.24. The van der Waals surface area contributed by atoms with E-state index in [1.165, 1.54) is 11.8 Å². The van der Waals surface area contributed by atoms with E-state index in [1.807, 2.05) is 85.1 Å². The summed E-state index contributed by atoms with van der Waals surface area (Å²) in [7, 11) is 1.65. The highest BCUT2D eigenvalue weighted by molar-refractivity contribution is 9.10. The van der Waals surface area contributed by atoms with Crippen LogP contribution >= 0.6 is 39.0 Å². The first-order valence-corrected chi connectivity index (χ1v) is 14.9. The van der Waals surface area contributed by atoms with Crippen LogP contribution in [0.2, 0.25) is 0 Å². The molecule has 0 aliphatic carbocycles. The molecule has 1 amide bonds. The summed E-state index contributed by atoms with van der Waals surface area (Å²) in [5.41, 5.74) is 2.39. The summed E-state index contributed by atoms with van der Waals surface area (Å²) in [6.45, 7) is 2.84. The first kappa shape index (κ1) is 28.0. The van der Waals surface area contributed by atoms with Gasteiger partial charge in [0.1, 0.15) is 17.9 Å². The molecule has 0 N–H and O–H groups in total. The molecule has 0 radical (unpaired) electrons. The zero-order chi connectivity index (χ0) is 27.0. The highest BCUT2D eigenvalue weighted by Gasteiger charge is 2.40. The van der Waals surface area contributed by atoms with E-state index >= 15 is 0 Å². The lowest BCUT2D eigenvalue weighted by Gasteiger charge is -2.43. The zero-order valence-corrected chi connectivity index (χ0v) is 24.7. The third-order valence-corrected chi connectivity index (χ3v) is 8.69. The minimum Gasteiger partial charge on any atom is -0.497 e. The van der Waals surface area contributed by atoms with Crippen LogP contribution in [0.5, 0.6) is 5.75 Å². The molecule has 3 aromatic carbocycles. The maximum absolute atomic E-state index is 13.0. The van der Waals surface area contributed by atoms with Crippen molar-refractivity contribution in [1.29, 1.82) is 0 Å². The number of amides is 1. The fraction of sp³-hybridized carbons (Fsp3) is 0.200. The van der Waals surface area contributed by atoms with Crippen molar-refractivity contribution in [2.24, 2.45) is 4.99 Å². The Labute approximate surface area is 240 Å². The number of thioether (sulfide) groups is 1. The lowest BCUT2D eigenvalue weighted by molar-refractivity contribution is 0.149. The van der Waals surface area contributed by atoms with E-state index in [9.17, 15) is 4.79 Å². The molecular formula is C30H29BrN2O3S2. The average molecular weight is 610 g/mol. The highest BCUT2D eigenvalue weighted by atomic mass is 79.9. The summed E-state index contributed by atoms with van der Waals surface area (Å²) in [6, 6.07) is 29.9. The van der Waals surface area contributed by atoms with Gasteiger partial charge in [-0.1, -0.05) is 94.4 Å². The molecule has 1 aromatic heterocycles. The van der Waals surface area contributed by atoms with E-state index in [2.05, 4.69) is 50.3 Å². The van der Waals surface area contributed by atoms with Gasteiger partial charge in [-0.05, 0) is 59.5 Å². The second-order valence-electron chi connectivity index (χ2n) is 8.60. The molecule has 0 aliphatic heterocycles. The number of nitrogens with zero attached hydrogens (tertiary/aromatic N) is 2. The predicted octanol–water partition coefficient (Wildman–Crippen LogP) is 8.34. The topological polar surface area (TPSA) is 51.1 Å². The molecule has 38 heavy (non-hydrogen) atoms. The van der Waals surface area contributed by atoms with E-state index in [4.69, 9.17) is 9.47 Å². The average Bonchev–Trinajstić information content (AvgIpc) is 3.50. The number of halogens is 1. The normalized spacial score (nSPS) is 13.0. The first-order valence-electron chi connectivity index (χ1n) is 12.0. The second-order valence-corrected chi connectivity index (χ2v) is 11.2. The van der Waals surface area contributed by atoms with E-state index in [-0.39, 0.29) is 6.61 Å². The predicted molar refractivity (Wildman–Crippen MR) is 161 cm³/mol. The minimum atomic E-state index is -0.643. The van der Waals surface area contributed by atoms with Crippen LogP contribution in [0, 0.1) is 0 Å². The Morgan fingerprint density at radius 1 is 0.974 bits per heavy atom. The van der Waals surface area contributed by atoms with Gasteiger partial charge in [0.05, 0.1) is 7.11 Å². The summed E-state index contributed by atoms with van der Waals surface area (Å²) >= 11 is 6.88. The van der Waals surface area contributed by atoms with Gasteiger partial charge >= 0.3 is 6.09 Å². The maximum Gasteiger partial charge on any atom is 0.436 e. The van der Waals surface area contributed by atoms with E-state index < -0.39 is 11.6 Å². The van der Waals surface area contributed by atoms with Crippen molar-refractivity contribution in [2.45, 2.75) is 25.6 Å². The van der Waals surface area contributed by atoms with Crippen LogP contribution in [0.4, 0.5) is 4.79 Å². The summed E-state index contributed by atoms with van der Waals surface area (Å²) < 4.78 is 11.9. The maximum atomic E-state index is 13.0. The second kappa shape index (κ2) is 13.1. The fourth-order valence-corrected chi connectivity index (χ4v) is 6.41. The van der Waals surface area contributed by atoms with Crippen molar-refractivity contribution < 1.29 is 14.3 Å². The molecule has 0 spiro atoms. The molecule has 0 aliphatic rings. The number of aliphatic imine (C=N–C) groups is 1. The Morgan fingerprint density at radius 2 is 1.68 bits per heavy atom. The van der Waals surface area contributed by atoms with Gasteiger partial charge < -0.3 is 14.4 Å². The van der Waals surface area contributed by atoms with Gasteiger partial charge in [0.15, 0.2) is 5.17 Å². The van der Waals surface area contributed by atoms with Crippen LogP contribution in [-0.4, -0.2) is 29.5 Å². The Kier molecular flexibility index (Phi) is 9.66. The fourth-order valence-electron chi connectivity index (χ4n) is 4.20. The molecule has 1 atom stereocenters. The summed E-state index contributed by atoms with van der Waals surface area (Å²) in [5.74, 6) is 0.787. The number of hydrogen-bond acceptors (Lipinski definition) is 5. The van der Waals surface area contributed by atoms with Gasteiger partial charge in [-0.25, -0.2) is 4.79 Å². The van der Waals surface area contributed by atoms with Gasteiger partial charge in [-0.2, -0.15) is 4.99 Å². The van der Waals surface area contributed by atoms with E-state index in [0.29, 0.717) is 11.7 Å². The number of ether oxygens (including phenoxy) is 2. The number of thiophene rings is 1. The molecule has 8 heteroatoms. The third kappa shape index (κ3) is 6.49. The molecule has 4 aromatic rings. The minimum absolute atomic E-state index is 0.162. The molecule has 0 saturated carbocycles. The molecule has 1 unspecified atom stereocenters. The highest BCUT2D eigenvalue weighted by Crippen LogP contribution is 2.43. The van der Waals surface area contributed by atoms with Crippen molar-refractivity contribution in [3.63, 3.8) is 0 Å². The van der Waals surface area contributed by atoms with Crippen LogP contribution in [0.15, 0.2) is 106 Å². The molecule has 1 heterocycles.